The van der Waals surface area contributed by atoms with E-state index >= 15 is 0 Å². The van der Waals surface area contributed by atoms with Crippen LogP contribution in [0, 0.1) is 0 Å². The summed E-state index contributed by atoms with van der Waals surface area (Å²) in [6, 6.07) is 95.3. The molecule has 0 fully saturated rings. The van der Waals surface area contributed by atoms with Gasteiger partial charge in [0.2, 0.25) is 0 Å². The fourth-order valence-corrected chi connectivity index (χ4v) is 19.9. The van der Waals surface area contributed by atoms with Crippen molar-refractivity contribution in [1.29, 1.82) is 0 Å². The Labute approximate surface area is 442 Å². The average molecular weight is 995 g/mol. The molecule has 2 aliphatic heterocycles. The topological polar surface area (TPSA) is 36.1 Å². The second kappa shape index (κ2) is 15.1. The monoisotopic (exact) mass is 994 g/mol. The molecule has 356 valence electrons. The Morgan fingerprint density at radius 2 is 0.558 bits per heavy atom. The molecule has 4 nitrogen and oxygen atoms in total. The molecule has 6 heterocycles. The largest absolute Gasteiger partial charge is 0.454 e. The molecule has 0 bridgehead atoms. The van der Waals surface area contributed by atoms with E-state index in [1.165, 1.54) is 86.8 Å². The Bertz CT molecular complexity index is 4930. The molecule has 12 aromatic carbocycles. The van der Waals surface area contributed by atoms with Crippen molar-refractivity contribution < 1.29 is 8.83 Å². The average Bonchev–Trinajstić information content (AvgIpc) is 4.25. The predicted molar refractivity (Wildman–Crippen MR) is 322 cm³/mol. The van der Waals surface area contributed by atoms with Crippen LogP contribution in [0.2, 0.25) is 0 Å². The highest BCUT2D eigenvalue weighted by Gasteiger charge is 2.50. The standard InChI is InChI=1S/C72H42N2O2Si/c1-9-29-59-43(19-1)57-39-53-47-23-5-13-35-67(47)77(69-37-15-7-25-49(69)55(53)41-63(57)73(59)61-31-17-27-51-45-21-3-11-33-65(45)75-71(51)61)68-36-14-6-24-48(68)54-40-58-44-20-2-10-30-60(44)74(64(58)42-56(54)50-26-8-16-38-70(50)77)62-32-18-28-52-46-22-4-12-34-66(46)76-72(52)62/h1-42H. The summed E-state index contributed by atoms with van der Waals surface area (Å²) < 4.78 is 18.5. The van der Waals surface area contributed by atoms with Gasteiger partial charge in [0, 0.05) is 43.1 Å². The summed E-state index contributed by atoms with van der Waals surface area (Å²) in [5.74, 6) is 0. The maximum Gasteiger partial charge on any atom is 0.182 e. The van der Waals surface area contributed by atoms with Gasteiger partial charge < -0.3 is 18.0 Å². The maximum absolute atomic E-state index is 6.80. The Balaban J connectivity index is 0.949. The van der Waals surface area contributed by atoms with Gasteiger partial charge in [-0.05, 0) is 126 Å². The van der Waals surface area contributed by atoms with Crippen LogP contribution >= 0.6 is 0 Å². The number of benzene rings is 12. The SMILES string of the molecule is c1ccc2c(c1)-c1cc3c4ccccc4n(-c4cccc5c4oc4ccccc45)c3cc1-c1ccccc1[Si]21c2ccccc2-c2cc3c4ccccc4n(-c4cccc5c4oc4ccccc45)c3cc2-c2ccccc21. The molecule has 0 aliphatic carbocycles. The summed E-state index contributed by atoms with van der Waals surface area (Å²) in [7, 11) is -3.28. The van der Waals surface area contributed by atoms with Gasteiger partial charge in [0.05, 0.1) is 33.4 Å². The quantitative estimate of drug-likeness (QED) is 0.162. The molecule has 18 rings (SSSR count). The van der Waals surface area contributed by atoms with Crippen molar-refractivity contribution in [3.8, 4) is 55.9 Å². The van der Waals surface area contributed by atoms with E-state index in [0.29, 0.717) is 0 Å². The molecule has 5 heteroatoms. The molecule has 0 amide bonds. The van der Waals surface area contributed by atoms with E-state index < -0.39 is 8.07 Å². The lowest BCUT2D eigenvalue weighted by Gasteiger charge is -2.37. The highest BCUT2D eigenvalue weighted by atomic mass is 28.3. The number of nitrogens with zero attached hydrogens (tertiary/aromatic N) is 2. The van der Waals surface area contributed by atoms with Crippen molar-refractivity contribution >= 4 is 116 Å². The maximum atomic E-state index is 6.80. The molecule has 4 aromatic heterocycles. The number of aromatic nitrogens is 2. The summed E-state index contributed by atoms with van der Waals surface area (Å²) in [4.78, 5) is 0. The number of rotatable bonds is 2. The van der Waals surface area contributed by atoms with Gasteiger partial charge in [0.25, 0.3) is 0 Å². The predicted octanol–water partition coefficient (Wildman–Crippen LogP) is 16.4. The fraction of sp³-hybridized carbons (Fsp3) is 0. The van der Waals surface area contributed by atoms with Gasteiger partial charge in [0.15, 0.2) is 19.2 Å². The third-order valence-corrected chi connectivity index (χ3v) is 22.3. The third-order valence-electron chi connectivity index (χ3n) is 17.4. The first-order valence-corrected chi connectivity index (χ1v) is 28.6. The zero-order valence-electron chi connectivity index (χ0n) is 41.5. The highest BCUT2D eigenvalue weighted by molar-refractivity contribution is 7.22. The minimum absolute atomic E-state index is 0.888. The van der Waals surface area contributed by atoms with Crippen molar-refractivity contribution in [2.45, 2.75) is 0 Å². The first-order chi connectivity index (χ1) is 38.2. The molecule has 0 saturated heterocycles. The van der Waals surface area contributed by atoms with Crippen LogP contribution in [-0.2, 0) is 0 Å². The molecular formula is C72H42N2O2Si. The van der Waals surface area contributed by atoms with Crippen molar-refractivity contribution in [3.05, 3.63) is 255 Å². The molecule has 0 unspecified atom stereocenters. The van der Waals surface area contributed by atoms with Crippen LogP contribution in [0.25, 0.3) is 143 Å². The van der Waals surface area contributed by atoms with Crippen LogP contribution in [0.3, 0.4) is 0 Å². The summed E-state index contributed by atoms with van der Waals surface area (Å²) in [5.41, 5.74) is 20.3. The lowest BCUT2D eigenvalue weighted by Crippen LogP contribution is -2.75. The minimum Gasteiger partial charge on any atom is -0.454 e. The van der Waals surface area contributed by atoms with Crippen molar-refractivity contribution in [3.63, 3.8) is 0 Å². The summed E-state index contributed by atoms with van der Waals surface area (Å²) in [6.07, 6.45) is 0. The molecule has 0 N–H and O–H groups in total. The van der Waals surface area contributed by atoms with Crippen LogP contribution < -0.4 is 20.7 Å². The van der Waals surface area contributed by atoms with Crippen LogP contribution in [0.15, 0.2) is 264 Å². The summed E-state index contributed by atoms with van der Waals surface area (Å²) in [6.45, 7) is 0. The van der Waals surface area contributed by atoms with Gasteiger partial charge in [-0.15, -0.1) is 0 Å². The second-order valence-corrected chi connectivity index (χ2v) is 24.6. The van der Waals surface area contributed by atoms with Crippen molar-refractivity contribution in [2.75, 3.05) is 0 Å². The number of furan rings is 2. The van der Waals surface area contributed by atoms with Crippen LogP contribution in [0.5, 0.6) is 0 Å². The smallest absolute Gasteiger partial charge is 0.182 e. The lowest BCUT2D eigenvalue weighted by atomic mass is 9.92. The summed E-state index contributed by atoms with van der Waals surface area (Å²) >= 11 is 0. The molecule has 0 saturated carbocycles. The first-order valence-electron chi connectivity index (χ1n) is 26.6. The van der Waals surface area contributed by atoms with Crippen LogP contribution in [0.1, 0.15) is 0 Å². The molecule has 16 aromatic rings. The van der Waals surface area contributed by atoms with Gasteiger partial charge in [-0.2, -0.15) is 0 Å². The first kappa shape index (κ1) is 41.4. The zero-order valence-corrected chi connectivity index (χ0v) is 42.5. The number of fused-ring (bicyclic) bond motifs is 26. The van der Waals surface area contributed by atoms with Crippen LogP contribution in [0.4, 0.5) is 0 Å². The van der Waals surface area contributed by atoms with E-state index in [1.54, 1.807) is 0 Å². The summed E-state index contributed by atoms with van der Waals surface area (Å²) in [5, 5.41) is 14.9. The number of hydrogen-bond donors (Lipinski definition) is 0. The van der Waals surface area contributed by atoms with Crippen molar-refractivity contribution in [2.24, 2.45) is 0 Å². The molecular weight excluding hydrogens is 953 g/mol. The normalized spacial score (nSPS) is 13.3. The van der Waals surface area contributed by atoms with Gasteiger partial charge in [-0.3, -0.25) is 0 Å². The number of para-hydroxylation sites is 6. The minimum atomic E-state index is -3.28. The second-order valence-electron chi connectivity index (χ2n) is 21.0. The van der Waals surface area contributed by atoms with Crippen LogP contribution in [-0.4, -0.2) is 17.2 Å². The van der Waals surface area contributed by atoms with E-state index in [2.05, 4.69) is 264 Å². The van der Waals surface area contributed by atoms with E-state index in [4.69, 9.17) is 8.83 Å². The molecule has 0 atom stereocenters. The fourth-order valence-electron chi connectivity index (χ4n) is 14.3. The van der Waals surface area contributed by atoms with E-state index in [-0.39, 0.29) is 0 Å². The van der Waals surface area contributed by atoms with Gasteiger partial charge >= 0.3 is 0 Å². The molecule has 2 aliphatic rings. The van der Waals surface area contributed by atoms with E-state index in [9.17, 15) is 0 Å². The van der Waals surface area contributed by atoms with Crippen molar-refractivity contribution in [1.82, 2.24) is 9.13 Å². The molecule has 1 spiro atoms. The molecule has 0 radical (unpaired) electrons. The zero-order chi connectivity index (χ0) is 50.1. The Morgan fingerprint density at radius 1 is 0.234 bits per heavy atom. The van der Waals surface area contributed by atoms with Gasteiger partial charge in [-0.1, -0.05) is 194 Å². The Hall–Kier alpha value is -9.94. The van der Waals surface area contributed by atoms with Gasteiger partial charge in [0.1, 0.15) is 11.2 Å². The lowest BCUT2D eigenvalue weighted by molar-refractivity contribution is 0.666. The number of hydrogen-bond acceptors (Lipinski definition) is 2. The molecule has 77 heavy (non-hydrogen) atoms. The Morgan fingerprint density at radius 3 is 0.974 bits per heavy atom. The van der Waals surface area contributed by atoms with Gasteiger partial charge in [-0.25, -0.2) is 0 Å². The van der Waals surface area contributed by atoms with E-state index in [0.717, 1.165) is 77.3 Å². The highest BCUT2D eigenvalue weighted by Crippen LogP contribution is 2.48. The Kier molecular flexibility index (Phi) is 8.12. The third kappa shape index (κ3) is 5.30. The van der Waals surface area contributed by atoms with E-state index in [1.807, 2.05) is 0 Å².